The average molecular weight is 418 g/mol. The summed E-state index contributed by atoms with van der Waals surface area (Å²) in [4.78, 5) is 37.0. The third kappa shape index (κ3) is 5.62. The smallest absolute Gasteiger partial charge is 0.408 e. The van der Waals surface area contributed by atoms with E-state index in [4.69, 9.17) is 13.9 Å². The van der Waals surface area contributed by atoms with E-state index in [-0.39, 0.29) is 11.7 Å². The molecule has 0 aliphatic heterocycles. The minimum absolute atomic E-state index is 0.171. The zero-order valence-electron chi connectivity index (χ0n) is 18.8. The number of fused-ring (bicyclic) bond motifs is 1. The van der Waals surface area contributed by atoms with E-state index in [2.05, 4.69) is 5.32 Å². The van der Waals surface area contributed by atoms with E-state index in [9.17, 15) is 14.4 Å². The van der Waals surface area contributed by atoms with Gasteiger partial charge in [0.2, 0.25) is 0 Å². The molecule has 2 atom stereocenters. The Hall–Kier alpha value is -2.83. The Kier molecular flexibility index (Phi) is 7.29. The summed E-state index contributed by atoms with van der Waals surface area (Å²) in [5.41, 5.74) is 0.678. The Bertz CT molecular complexity index is 986. The van der Waals surface area contributed by atoms with Crippen molar-refractivity contribution in [2.75, 3.05) is 0 Å². The van der Waals surface area contributed by atoms with Gasteiger partial charge in [0, 0.05) is 17.0 Å². The van der Waals surface area contributed by atoms with Crippen LogP contribution in [0.1, 0.15) is 59.1 Å². The predicted molar refractivity (Wildman–Crippen MR) is 115 cm³/mol. The fourth-order valence-corrected chi connectivity index (χ4v) is 3.09. The fourth-order valence-electron chi connectivity index (χ4n) is 3.09. The number of nitrogens with one attached hydrogen (secondary N) is 1. The molecule has 30 heavy (non-hydrogen) atoms. The summed E-state index contributed by atoms with van der Waals surface area (Å²) in [6.45, 7) is 12.7. The van der Waals surface area contributed by atoms with Gasteiger partial charge >= 0.3 is 17.7 Å². The molecule has 1 N–H and O–H groups in total. The molecule has 0 saturated carbocycles. The van der Waals surface area contributed by atoms with Crippen molar-refractivity contribution in [3.63, 3.8) is 0 Å². The van der Waals surface area contributed by atoms with Gasteiger partial charge in [0.1, 0.15) is 23.0 Å². The Morgan fingerprint density at radius 1 is 1.20 bits per heavy atom. The zero-order valence-corrected chi connectivity index (χ0v) is 18.8. The Morgan fingerprint density at radius 3 is 2.43 bits per heavy atom. The zero-order chi connectivity index (χ0) is 22.6. The minimum atomic E-state index is -0.881. The number of esters is 1. The lowest BCUT2D eigenvalue weighted by atomic mass is 9.99. The summed E-state index contributed by atoms with van der Waals surface area (Å²) >= 11 is 0. The number of ether oxygens (including phenoxy) is 2. The molecule has 1 aromatic carbocycles. The molecule has 0 fully saturated rings. The number of benzene rings is 1. The van der Waals surface area contributed by atoms with Crippen LogP contribution in [0, 0.1) is 12.8 Å². The number of hydrogen-bond acceptors (Lipinski definition) is 6. The lowest BCUT2D eigenvalue weighted by Crippen LogP contribution is -2.48. The van der Waals surface area contributed by atoms with E-state index < -0.39 is 29.3 Å². The SMILES string of the molecule is CCc1cc(=O)oc2c(C)c(OC(=O)C(NC(=O)OC(C)(C)C)C(C)CC)ccc12. The second kappa shape index (κ2) is 9.32. The van der Waals surface area contributed by atoms with Crippen LogP contribution in [0.4, 0.5) is 4.79 Å². The van der Waals surface area contributed by atoms with Crippen molar-refractivity contribution in [3.05, 3.63) is 39.7 Å². The number of aryl methyl sites for hydroxylation is 2. The van der Waals surface area contributed by atoms with Crippen molar-refractivity contribution >= 4 is 23.0 Å². The first-order valence-electron chi connectivity index (χ1n) is 10.2. The van der Waals surface area contributed by atoms with E-state index in [1.807, 2.05) is 20.8 Å². The summed E-state index contributed by atoms with van der Waals surface area (Å²) in [7, 11) is 0. The van der Waals surface area contributed by atoms with E-state index in [1.54, 1.807) is 39.8 Å². The molecule has 1 aromatic heterocycles. The normalized spacial score (nSPS) is 13.6. The number of carbonyl (C=O) groups excluding carboxylic acids is 2. The van der Waals surface area contributed by atoms with Crippen LogP contribution >= 0.6 is 0 Å². The number of carbonyl (C=O) groups is 2. The molecule has 0 bridgehead atoms. The second-order valence-electron chi connectivity index (χ2n) is 8.44. The van der Waals surface area contributed by atoms with E-state index in [1.165, 1.54) is 6.07 Å². The molecule has 164 valence electrons. The lowest BCUT2D eigenvalue weighted by molar-refractivity contribution is -0.138. The van der Waals surface area contributed by atoms with Crippen LogP contribution in [-0.4, -0.2) is 23.7 Å². The Balaban J connectivity index is 2.32. The largest absolute Gasteiger partial charge is 0.444 e. The molecule has 0 aliphatic carbocycles. The predicted octanol–water partition coefficient (Wildman–Crippen LogP) is 4.51. The van der Waals surface area contributed by atoms with Gasteiger partial charge in [-0.1, -0.05) is 27.2 Å². The van der Waals surface area contributed by atoms with Crippen LogP contribution < -0.4 is 15.7 Å². The van der Waals surface area contributed by atoms with Crippen LogP contribution in [-0.2, 0) is 16.0 Å². The third-order valence-electron chi connectivity index (χ3n) is 4.93. The summed E-state index contributed by atoms with van der Waals surface area (Å²) in [6, 6.07) is 4.04. The summed E-state index contributed by atoms with van der Waals surface area (Å²) in [6.07, 6.45) is 0.649. The fraction of sp³-hybridized carbons (Fsp3) is 0.522. The van der Waals surface area contributed by atoms with Crippen LogP contribution in [0.25, 0.3) is 11.0 Å². The van der Waals surface area contributed by atoms with Gasteiger partial charge < -0.3 is 19.2 Å². The van der Waals surface area contributed by atoms with E-state index >= 15 is 0 Å². The summed E-state index contributed by atoms with van der Waals surface area (Å²) in [5, 5.41) is 3.42. The second-order valence-corrected chi connectivity index (χ2v) is 8.44. The number of amides is 1. The number of alkyl carbamates (subject to hydrolysis) is 1. The van der Waals surface area contributed by atoms with Gasteiger partial charge in [0.15, 0.2) is 0 Å². The summed E-state index contributed by atoms with van der Waals surface area (Å²) in [5.74, 6) is -0.495. The molecule has 0 spiro atoms. The molecule has 2 aromatic rings. The topological polar surface area (TPSA) is 94.8 Å². The maximum Gasteiger partial charge on any atom is 0.408 e. The van der Waals surface area contributed by atoms with Crippen LogP contribution in [0.5, 0.6) is 5.75 Å². The molecule has 0 aliphatic rings. The van der Waals surface area contributed by atoms with Crippen molar-refractivity contribution in [1.29, 1.82) is 0 Å². The van der Waals surface area contributed by atoms with E-state index in [0.29, 0.717) is 24.0 Å². The van der Waals surface area contributed by atoms with Gasteiger partial charge in [-0.25, -0.2) is 14.4 Å². The van der Waals surface area contributed by atoms with Gasteiger partial charge in [0.05, 0.1) is 0 Å². The van der Waals surface area contributed by atoms with Crippen LogP contribution in [0.15, 0.2) is 27.4 Å². The molecule has 1 amide bonds. The van der Waals surface area contributed by atoms with Crippen LogP contribution in [0.2, 0.25) is 0 Å². The standard InChI is InChI=1S/C23H31NO6/c1-8-13(3)19(24-22(27)30-23(5,6)7)21(26)28-17-11-10-16-15(9-2)12-18(25)29-20(16)14(17)4/h10-13,19H,8-9H2,1-7H3,(H,24,27). The van der Waals surface area contributed by atoms with Gasteiger partial charge in [0.25, 0.3) is 0 Å². The highest BCUT2D eigenvalue weighted by Gasteiger charge is 2.30. The molecule has 2 rings (SSSR count). The highest BCUT2D eigenvalue weighted by Crippen LogP contribution is 2.29. The maximum absolute atomic E-state index is 12.9. The van der Waals surface area contributed by atoms with Crippen molar-refractivity contribution in [3.8, 4) is 5.75 Å². The average Bonchev–Trinajstić information content (AvgIpc) is 2.65. The monoisotopic (exact) mass is 417 g/mol. The van der Waals surface area contributed by atoms with Gasteiger partial charge in [-0.15, -0.1) is 0 Å². The summed E-state index contributed by atoms with van der Waals surface area (Å²) < 4.78 is 16.3. The first-order valence-corrected chi connectivity index (χ1v) is 10.2. The molecule has 1 heterocycles. The van der Waals surface area contributed by atoms with Crippen molar-refractivity contribution in [2.45, 2.75) is 73.0 Å². The Morgan fingerprint density at radius 2 is 1.87 bits per heavy atom. The molecular formula is C23H31NO6. The Labute approximate surface area is 176 Å². The van der Waals surface area contributed by atoms with Crippen molar-refractivity contribution < 1.29 is 23.5 Å². The van der Waals surface area contributed by atoms with E-state index in [0.717, 1.165) is 10.9 Å². The first kappa shape index (κ1) is 23.4. The molecule has 2 unspecified atom stereocenters. The van der Waals surface area contributed by atoms with Gasteiger partial charge in [-0.05, 0) is 57.7 Å². The first-order chi connectivity index (χ1) is 14.0. The lowest BCUT2D eigenvalue weighted by Gasteiger charge is -2.25. The maximum atomic E-state index is 12.9. The van der Waals surface area contributed by atoms with Crippen molar-refractivity contribution in [2.24, 2.45) is 5.92 Å². The van der Waals surface area contributed by atoms with Crippen molar-refractivity contribution in [1.82, 2.24) is 5.32 Å². The highest BCUT2D eigenvalue weighted by atomic mass is 16.6. The molecular weight excluding hydrogens is 386 g/mol. The van der Waals surface area contributed by atoms with Crippen LogP contribution in [0.3, 0.4) is 0 Å². The molecule has 7 nitrogen and oxygen atoms in total. The van der Waals surface area contributed by atoms with Gasteiger partial charge in [-0.3, -0.25) is 0 Å². The molecule has 0 saturated heterocycles. The van der Waals surface area contributed by atoms with Gasteiger partial charge in [-0.2, -0.15) is 0 Å². The number of hydrogen-bond donors (Lipinski definition) is 1. The molecule has 7 heteroatoms. The minimum Gasteiger partial charge on any atom is -0.444 e. The highest BCUT2D eigenvalue weighted by molar-refractivity contribution is 5.88. The third-order valence-corrected chi connectivity index (χ3v) is 4.93. The quantitative estimate of drug-likeness (QED) is 0.422. The molecule has 0 radical (unpaired) electrons. The number of rotatable bonds is 6.